The second-order valence-corrected chi connectivity index (χ2v) is 7.31. The highest BCUT2D eigenvalue weighted by Gasteiger charge is 2.02. The molecule has 0 aliphatic rings. The molecular weight excluding hydrogens is 163 g/mol. The van der Waals surface area contributed by atoms with Crippen molar-refractivity contribution in [1.82, 2.24) is 0 Å². The van der Waals surface area contributed by atoms with E-state index in [1.165, 1.54) is 19.3 Å². The van der Waals surface area contributed by atoms with E-state index < -0.39 is 0 Å². The molecule has 12 heavy (non-hydrogen) atoms. The summed E-state index contributed by atoms with van der Waals surface area (Å²) in [5.74, 6) is 3.31. The van der Waals surface area contributed by atoms with Crippen LogP contribution in [0.25, 0.3) is 0 Å². The van der Waals surface area contributed by atoms with Crippen LogP contribution in [0.2, 0.25) is 0 Å². The lowest BCUT2D eigenvalue weighted by Crippen LogP contribution is -1.97. The lowest BCUT2D eigenvalue weighted by Gasteiger charge is -2.13. The molecular formula is C11H25P. The molecule has 2 unspecified atom stereocenters. The molecule has 0 aliphatic carbocycles. The first-order valence-corrected chi connectivity index (χ1v) is 7.36. The van der Waals surface area contributed by atoms with Gasteiger partial charge in [-0.2, -0.15) is 0 Å². The molecule has 0 N–H and O–H groups in total. The van der Waals surface area contributed by atoms with Crippen LogP contribution in [0.5, 0.6) is 0 Å². The monoisotopic (exact) mass is 188 g/mol. The topological polar surface area (TPSA) is 0 Å². The van der Waals surface area contributed by atoms with E-state index in [0.717, 1.165) is 11.6 Å². The molecule has 0 saturated heterocycles. The standard InChI is InChI=1S/C11H25P/c1-6-12(5)11(4)9-7-8-10(2)3/h6,10-12H,7-9H2,1-5H3. The van der Waals surface area contributed by atoms with Gasteiger partial charge in [-0.1, -0.05) is 39.4 Å². The van der Waals surface area contributed by atoms with Gasteiger partial charge in [-0.05, 0) is 31.6 Å². The van der Waals surface area contributed by atoms with Gasteiger partial charge in [0.05, 0.1) is 0 Å². The minimum Gasteiger partial charge on any atom is -0.122 e. The Morgan fingerprint density at radius 1 is 1.17 bits per heavy atom. The summed E-state index contributed by atoms with van der Waals surface area (Å²) in [5.41, 5.74) is 0.971. The molecule has 0 heterocycles. The molecule has 0 fully saturated rings. The molecule has 0 amide bonds. The average molecular weight is 188 g/mol. The third-order valence-electron chi connectivity index (χ3n) is 2.65. The predicted molar refractivity (Wildman–Crippen MR) is 64.1 cm³/mol. The van der Waals surface area contributed by atoms with Gasteiger partial charge in [0.1, 0.15) is 0 Å². The summed E-state index contributed by atoms with van der Waals surface area (Å²) in [6, 6.07) is 0. The minimum absolute atomic E-state index is 0.129. The van der Waals surface area contributed by atoms with Crippen LogP contribution in [0.4, 0.5) is 0 Å². The fourth-order valence-corrected chi connectivity index (χ4v) is 2.57. The fourth-order valence-electron chi connectivity index (χ4n) is 1.34. The summed E-state index contributed by atoms with van der Waals surface area (Å²) in [6.45, 7) is 11.7. The van der Waals surface area contributed by atoms with Crippen LogP contribution in [-0.2, 0) is 0 Å². The van der Waals surface area contributed by atoms with Crippen molar-refractivity contribution in [3.63, 3.8) is 0 Å². The van der Waals surface area contributed by atoms with E-state index in [1.54, 1.807) is 0 Å². The first-order chi connectivity index (χ1) is 5.57. The predicted octanol–water partition coefficient (Wildman–Crippen LogP) is 3.87. The molecule has 0 aromatic heterocycles. The molecule has 0 radical (unpaired) electrons. The lowest BCUT2D eigenvalue weighted by atomic mass is 10.1. The Bertz CT molecular complexity index is 136. The maximum absolute atomic E-state index is 2.42. The van der Waals surface area contributed by atoms with Gasteiger partial charge in [-0.25, -0.2) is 0 Å². The van der Waals surface area contributed by atoms with E-state index in [1.807, 2.05) is 0 Å². The first kappa shape index (κ1) is 12.3. The third kappa shape index (κ3) is 5.89. The molecule has 0 aromatic carbocycles. The second kappa shape index (κ2) is 6.78. The van der Waals surface area contributed by atoms with Crippen molar-refractivity contribution in [2.45, 2.75) is 52.6 Å². The zero-order valence-corrected chi connectivity index (χ0v) is 10.4. The maximum Gasteiger partial charge on any atom is -0.0269 e. The molecule has 0 nitrogen and oxygen atoms in total. The summed E-state index contributed by atoms with van der Waals surface area (Å²) in [7, 11) is -0.129. The zero-order chi connectivity index (χ0) is 9.56. The van der Waals surface area contributed by atoms with Crippen LogP contribution >= 0.6 is 7.55 Å². The van der Waals surface area contributed by atoms with Crippen LogP contribution < -0.4 is 0 Å². The molecule has 2 atom stereocenters. The zero-order valence-electron chi connectivity index (χ0n) is 9.35. The summed E-state index contributed by atoms with van der Waals surface area (Å²) in [6.07, 6.45) is 4.27. The summed E-state index contributed by atoms with van der Waals surface area (Å²) in [5, 5.41) is 0. The Labute approximate surface area is 79.1 Å². The van der Waals surface area contributed by atoms with Crippen molar-refractivity contribution in [1.29, 1.82) is 0 Å². The Hall–Kier alpha value is 0.300. The molecule has 0 rings (SSSR count). The van der Waals surface area contributed by atoms with Crippen LogP contribution in [0.15, 0.2) is 0 Å². The van der Waals surface area contributed by atoms with Crippen LogP contribution in [0.1, 0.15) is 47.0 Å². The van der Waals surface area contributed by atoms with Gasteiger partial charge >= 0.3 is 0 Å². The van der Waals surface area contributed by atoms with Crippen molar-refractivity contribution < 1.29 is 0 Å². The third-order valence-corrected chi connectivity index (χ3v) is 5.41. The molecule has 1 heteroatoms. The summed E-state index contributed by atoms with van der Waals surface area (Å²) in [4.78, 5) is 0. The first-order valence-electron chi connectivity index (χ1n) is 5.20. The normalized spacial score (nSPS) is 16.8. The van der Waals surface area contributed by atoms with Gasteiger partial charge in [0.2, 0.25) is 0 Å². The van der Waals surface area contributed by atoms with Gasteiger partial charge in [-0.3, -0.25) is 0 Å². The Morgan fingerprint density at radius 2 is 1.75 bits per heavy atom. The lowest BCUT2D eigenvalue weighted by molar-refractivity contribution is 0.537. The Morgan fingerprint density at radius 3 is 2.17 bits per heavy atom. The van der Waals surface area contributed by atoms with Crippen molar-refractivity contribution in [2.24, 2.45) is 5.92 Å². The Kier molecular flexibility index (Phi) is 6.95. The molecule has 0 aliphatic heterocycles. The highest BCUT2D eigenvalue weighted by atomic mass is 31.1. The van der Waals surface area contributed by atoms with Gasteiger partial charge in [-0.15, -0.1) is 7.55 Å². The molecule has 0 spiro atoms. The number of rotatable bonds is 5. The van der Waals surface area contributed by atoms with Crippen LogP contribution in [0, 0.1) is 5.92 Å². The highest BCUT2D eigenvalue weighted by molar-refractivity contribution is 7.57. The quantitative estimate of drug-likeness (QED) is 0.574. The largest absolute Gasteiger partial charge is 0.122 e. The van der Waals surface area contributed by atoms with Crippen molar-refractivity contribution >= 4 is 13.3 Å². The summed E-state index contributed by atoms with van der Waals surface area (Å²) >= 11 is 0. The van der Waals surface area contributed by atoms with E-state index in [4.69, 9.17) is 0 Å². The van der Waals surface area contributed by atoms with E-state index in [9.17, 15) is 0 Å². The number of hydrogen-bond donors (Lipinski definition) is 0. The van der Waals surface area contributed by atoms with E-state index in [-0.39, 0.29) is 7.55 Å². The van der Waals surface area contributed by atoms with E-state index in [2.05, 4.69) is 40.2 Å². The van der Waals surface area contributed by atoms with Gasteiger partial charge in [0.25, 0.3) is 0 Å². The molecule has 0 bridgehead atoms. The SMILES string of the molecule is C/C=[PH](/C)C(C)CCCC(C)C. The summed E-state index contributed by atoms with van der Waals surface area (Å²) < 4.78 is 0. The van der Waals surface area contributed by atoms with Gasteiger partial charge in [0.15, 0.2) is 0 Å². The van der Waals surface area contributed by atoms with Gasteiger partial charge < -0.3 is 0 Å². The molecule has 74 valence electrons. The van der Waals surface area contributed by atoms with Gasteiger partial charge in [0, 0.05) is 0 Å². The fraction of sp³-hybridized carbons (Fsp3) is 0.909. The Balaban J connectivity index is 3.51. The molecule has 0 aromatic rings. The van der Waals surface area contributed by atoms with Crippen molar-refractivity contribution in [3.8, 4) is 0 Å². The molecule has 0 saturated carbocycles. The average Bonchev–Trinajstić information content (AvgIpc) is 2.02. The van der Waals surface area contributed by atoms with E-state index in [0.29, 0.717) is 0 Å². The van der Waals surface area contributed by atoms with Crippen molar-refractivity contribution in [3.05, 3.63) is 0 Å². The van der Waals surface area contributed by atoms with Crippen molar-refractivity contribution in [2.75, 3.05) is 6.66 Å². The van der Waals surface area contributed by atoms with E-state index >= 15 is 0 Å². The second-order valence-electron chi connectivity index (χ2n) is 4.26. The van der Waals surface area contributed by atoms with Crippen LogP contribution in [-0.4, -0.2) is 18.1 Å². The smallest absolute Gasteiger partial charge is 0.0269 e. The highest BCUT2D eigenvalue weighted by Crippen LogP contribution is 2.28. The maximum atomic E-state index is 2.42. The number of hydrogen-bond acceptors (Lipinski definition) is 0. The van der Waals surface area contributed by atoms with Crippen LogP contribution in [0.3, 0.4) is 0 Å². The minimum atomic E-state index is -0.129.